The molecular weight excluding hydrogens is 374 g/mol. The van der Waals surface area contributed by atoms with Crippen molar-refractivity contribution in [2.24, 2.45) is 17.6 Å². The summed E-state index contributed by atoms with van der Waals surface area (Å²) in [6.45, 7) is 4.07. The molecular formula is C23H32ClNO3. The van der Waals surface area contributed by atoms with Crippen LogP contribution >= 0.6 is 12.4 Å². The molecule has 2 aromatic carbocycles. The number of ether oxygens (including phenoxy) is 2. The first-order valence-electron chi connectivity index (χ1n) is 9.70. The molecule has 0 aliphatic heterocycles. The summed E-state index contributed by atoms with van der Waals surface area (Å²) in [5.74, 6) is 3.24. The van der Waals surface area contributed by atoms with E-state index in [1.54, 1.807) is 7.11 Å². The lowest BCUT2D eigenvalue weighted by Gasteiger charge is -2.25. The first-order chi connectivity index (χ1) is 12.8. The molecule has 2 aromatic rings. The van der Waals surface area contributed by atoms with Crippen LogP contribution in [0, 0.1) is 11.8 Å². The zero-order chi connectivity index (χ0) is 19.4. The van der Waals surface area contributed by atoms with E-state index in [9.17, 15) is 5.11 Å². The van der Waals surface area contributed by atoms with Gasteiger partial charge in [0.25, 0.3) is 0 Å². The predicted molar refractivity (Wildman–Crippen MR) is 116 cm³/mol. The smallest absolute Gasteiger partial charge is 0.127 e. The van der Waals surface area contributed by atoms with E-state index in [1.165, 1.54) is 5.56 Å². The van der Waals surface area contributed by atoms with Crippen molar-refractivity contribution in [3.05, 3.63) is 54.1 Å². The third kappa shape index (κ3) is 6.40. The van der Waals surface area contributed by atoms with Crippen LogP contribution in [0.2, 0.25) is 0 Å². The molecule has 3 N–H and O–H groups in total. The number of hydrogen-bond acceptors (Lipinski definition) is 4. The van der Waals surface area contributed by atoms with Crippen molar-refractivity contribution in [2.45, 2.75) is 51.2 Å². The van der Waals surface area contributed by atoms with E-state index in [0.717, 1.165) is 42.9 Å². The second-order valence-corrected chi connectivity index (χ2v) is 8.48. The Labute approximate surface area is 174 Å². The Morgan fingerprint density at radius 2 is 1.50 bits per heavy atom. The molecule has 0 spiro atoms. The van der Waals surface area contributed by atoms with Gasteiger partial charge in [0.2, 0.25) is 0 Å². The van der Waals surface area contributed by atoms with E-state index in [0.29, 0.717) is 11.8 Å². The molecule has 0 heterocycles. The lowest BCUT2D eigenvalue weighted by molar-refractivity contribution is 0.115. The maximum Gasteiger partial charge on any atom is 0.127 e. The van der Waals surface area contributed by atoms with E-state index in [2.05, 4.69) is 12.1 Å². The van der Waals surface area contributed by atoms with E-state index >= 15 is 0 Å². The number of aliphatic hydroxyl groups excluding tert-OH is 1. The van der Waals surface area contributed by atoms with Crippen LogP contribution in [0.1, 0.15) is 38.7 Å². The van der Waals surface area contributed by atoms with E-state index in [-0.39, 0.29) is 24.0 Å². The number of rotatable bonds is 7. The number of benzene rings is 2. The number of methoxy groups -OCH3 is 1. The Bertz CT molecular complexity index is 725. The predicted octanol–water partition coefficient (Wildman–Crippen LogP) is 4.97. The monoisotopic (exact) mass is 405 g/mol. The summed E-state index contributed by atoms with van der Waals surface area (Å²) in [5.41, 5.74) is 7.20. The fourth-order valence-corrected chi connectivity index (χ4v) is 4.08. The molecule has 0 bridgehead atoms. The molecule has 1 fully saturated rings. The molecule has 1 saturated carbocycles. The molecule has 154 valence electrons. The van der Waals surface area contributed by atoms with Crippen LogP contribution in [0.5, 0.6) is 17.2 Å². The Balaban J connectivity index is 0.00000280. The highest BCUT2D eigenvalue weighted by molar-refractivity contribution is 5.85. The van der Waals surface area contributed by atoms with Gasteiger partial charge in [-0.05, 0) is 93.3 Å². The van der Waals surface area contributed by atoms with Gasteiger partial charge in [-0.1, -0.05) is 12.1 Å². The summed E-state index contributed by atoms with van der Waals surface area (Å²) in [6.07, 6.45) is 3.55. The minimum atomic E-state index is -0.226. The average molecular weight is 406 g/mol. The van der Waals surface area contributed by atoms with Gasteiger partial charge in [0.05, 0.1) is 13.2 Å². The van der Waals surface area contributed by atoms with Crippen molar-refractivity contribution in [3.8, 4) is 17.2 Å². The summed E-state index contributed by atoms with van der Waals surface area (Å²) in [5, 5.41) is 10.4. The van der Waals surface area contributed by atoms with Gasteiger partial charge in [0.15, 0.2) is 0 Å². The molecule has 5 heteroatoms. The molecule has 3 rings (SSSR count). The fraction of sp³-hybridized carbons (Fsp3) is 0.478. The average Bonchev–Trinajstić information content (AvgIpc) is 2.94. The molecule has 3 atom stereocenters. The quantitative estimate of drug-likeness (QED) is 0.682. The SMILES string of the molecule is COc1ccc(Oc2ccc(CC3CC(O)C(CC(C)(C)N)C3)cc2)cc1.Cl. The summed E-state index contributed by atoms with van der Waals surface area (Å²) in [4.78, 5) is 0. The van der Waals surface area contributed by atoms with Crippen molar-refractivity contribution in [1.29, 1.82) is 0 Å². The van der Waals surface area contributed by atoms with Crippen LogP contribution in [0.15, 0.2) is 48.5 Å². The molecule has 3 unspecified atom stereocenters. The Morgan fingerprint density at radius 1 is 0.964 bits per heavy atom. The minimum absolute atomic E-state index is 0. The molecule has 0 saturated heterocycles. The first kappa shape index (κ1) is 22.5. The second kappa shape index (κ2) is 9.64. The zero-order valence-electron chi connectivity index (χ0n) is 16.9. The summed E-state index contributed by atoms with van der Waals surface area (Å²) >= 11 is 0. The number of hydrogen-bond donors (Lipinski definition) is 2. The molecule has 1 aliphatic carbocycles. The van der Waals surface area contributed by atoms with Gasteiger partial charge in [0.1, 0.15) is 17.2 Å². The fourth-order valence-electron chi connectivity index (χ4n) is 4.08. The first-order valence-corrected chi connectivity index (χ1v) is 9.70. The van der Waals surface area contributed by atoms with E-state index in [4.69, 9.17) is 15.2 Å². The summed E-state index contributed by atoms with van der Waals surface area (Å²) in [6, 6.07) is 15.8. The highest BCUT2D eigenvalue weighted by Gasteiger charge is 2.35. The van der Waals surface area contributed by atoms with Gasteiger partial charge >= 0.3 is 0 Å². The van der Waals surface area contributed by atoms with Crippen LogP contribution in [-0.4, -0.2) is 23.9 Å². The van der Waals surface area contributed by atoms with E-state index < -0.39 is 0 Å². The highest BCUT2D eigenvalue weighted by atomic mass is 35.5. The lowest BCUT2D eigenvalue weighted by Crippen LogP contribution is -2.36. The van der Waals surface area contributed by atoms with Crippen molar-refractivity contribution in [2.75, 3.05) is 7.11 Å². The van der Waals surface area contributed by atoms with Crippen molar-refractivity contribution in [1.82, 2.24) is 0 Å². The largest absolute Gasteiger partial charge is 0.497 e. The second-order valence-electron chi connectivity index (χ2n) is 8.48. The van der Waals surface area contributed by atoms with Crippen LogP contribution in [-0.2, 0) is 6.42 Å². The minimum Gasteiger partial charge on any atom is -0.497 e. The van der Waals surface area contributed by atoms with Gasteiger partial charge in [-0.15, -0.1) is 12.4 Å². The maximum atomic E-state index is 10.4. The van der Waals surface area contributed by atoms with Crippen LogP contribution in [0.3, 0.4) is 0 Å². The topological polar surface area (TPSA) is 64.7 Å². The van der Waals surface area contributed by atoms with Crippen molar-refractivity contribution < 1.29 is 14.6 Å². The third-order valence-electron chi connectivity index (χ3n) is 5.29. The highest BCUT2D eigenvalue weighted by Crippen LogP contribution is 2.37. The Morgan fingerprint density at radius 3 is 2.04 bits per heavy atom. The standard InChI is InChI=1S/C23H31NO3.ClH/c1-23(2,24)15-18-13-17(14-22(18)25)12-16-4-6-20(7-5-16)27-21-10-8-19(26-3)9-11-21;/h4-11,17-18,22,25H,12-15,24H2,1-3H3;1H. The Hall–Kier alpha value is -1.75. The molecule has 1 aliphatic rings. The third-order valence-corrected chi connectivity index (χ3v) is 5.29. The van der Waals surface area contributed by atoms with E-state index in [1.807, 2.05) is 50.2 Å². The number of halogens is 1. The van der Waals surface area contributed by atoms with Crippen LogP contribution < -0.4 is 15.2 Å². The summed E-state index contributed by atoms with van der Waals surface area (Å²) < 4.78 is 11.0. The Kier molecular flexibility index (Phi) is 7.76. The van der Waals surface area contributed by atoms with Crippen LogP contribution in [0.25, 0.3) is 0 Å². The lowest BCUT2D eigenvalue weighted by atomic mass is 9.88. The molecule has 0 amide bonds. The molecule has 0 radical (unpaired) electrons. The zero-order valence-corrected chi connectivity index (χ0v) is 17.7. The molecule has 28 heavy (non-hydrogen) atoms. The normalized spacial score (nSPS) is 21.8. The number of nitrogens with two attached hydrogens (primary N) is 1. The van der Waals surface area contributed by atoms with Crippen LogP contribution in [0.4, 0.5) is 0 Å². The van der Waals surface area contributed by atoms with Gasteiger partial charge in [-0.3, -0.25) is 0 Å². The number of aliphatic hydroxyl groups is 1. The molecule has 0 aromatic heterocycles. The summed E-state index contributed by atoms with van der Waals surface area (Å²) in [7, 11) is 1.65. The van der Waals surface area contributed by atoms with Crippen molar-refractivity contribution in [3.63, 3.8) is 0 Å². The van der Waals surface area contributed by atoms with Gasteiger partial charge in [-0.25, -0.2) is 0 Å². The van der Waals surface area contributed by atoms with Gasteiger partial charge < -0.3 is 20.3 Å². The van der Waals surface area contributed by atoms with Gasteiger partial charge in [0, 0.05) is 5.54 Å². The molecule has 4 nitrogen and oxygen atoms in total. The maximum absolute atomic E-state index is 10.4. The van der Waals surface area contributed by atoms with Crippen molar-refractivity contribution >= 4 is 12.4 Å². The van der Waals surface area contributed by atoms with Gasteiger partial charge in [-0.2, -0.15) is 0 Å².